The number of anilines is 1. The van der Waals surface area contributed by atoms with Crippen molar-refractivity contribution < 1.29 is 0 Å². The number of hydrogen-bond acceptors (Lipinski definition) is 3. The molecule has 6 aromatic carbocycles. The van der Waals surface area contributed by atoms with E-state index in [0.29, 0.717) is 0 Å². The third-order valence-electron chi connectivity index (χ3n) is 12.0. The summed E-state index contributed by atoms with van der Waals surface area (Å²) >= 11 is 0. The monoisotopic (exact) mass is 725 g/mol. The van der Waals surface area contributed by atoms with Crippen LogP contribution in [-0.2, 0) is 17.4 Å². The molecule has 0 bridgehead atoms. The number of aromatic nitrogens is 2. The van der Waals surface area contributed by atoms with Gasteiger partial charge >= 0.3 is 0 Å². The highest BCUT2D eigenvalue weighted by atomic mass is 15.3. The molecule has 3 nitrogen and oxygen atoms in total. The Kier molecular flexibility index (Phi) is 7.77. The van der Waals surface area contributed by atoms with Crippen molar-refractivity contribution >= 4 is 5.69 Å². The first-order valence-electron chi connectivity index (χ1n) is 19.2. The van der Waals surface area contributed by atoms with E-state index in [-0.39, 0.29) is 0 Å². The summed E-state index contributed by atoms with van der Waals surface area (Å²) < 4.78 is 0. The summed E-state index contributed by atoms with van der Waals surface area (Å²) in [7, 11) is 0. The molecule has 2 aliphatic heterocycles. The first kappa shape index (κ1) is 34.0. The van der Waals surface area contributed by atoms with Crippen molar-refractivity contribution in [2.24, 2.45) is 0 Å². The number of aryl methyl sites for hydroxylation is 2. The van der Waals surface area contributed by atoms with Gasteiger partial charge in [-0.05, 0) is 132 Å². The summed E-state index contributed by atoms with van der Waals surface area (Å²) in [4.78, 5) is 2.66. The molecule has 266 valence electrons. The number of fused-ring (bicyclic) bond motifs is 12. The van der Waals surface area contributed by atoms with Crippen LogP contribution in [0, 0.1) is 62.2 Å². The summed E-state index contributed by atoms with van der Waals surface area (Å²) in [5.41, 5.74) is 16.6. The molecule has 0 fully saturated rings. The van der Waals surface area contributed by atoms with Crippen molar-refractivity contribution in [3.05, 3.63) is 218 Å². The van der Waals surface area contributed by atoms with Gasteiger partial charge in [-0.3, -0.25) is 0 Å². The molecule has 1 atom stereocenters. The molecular weight excluding hydrogens is 691 g/mol. The minimum Gasteiger partial charge on any atom is -0.354 e. The fraction of sp³-hybridized carbons (Fsp3) is 0.111. The lowest BCUT2D eigenvalue weighted by Gasteiger charge is -2.54. The van der Waals surface area contributed by atoms with E-state index in [1.165, 1.54) is 44.5 Å². The minimum atomic E-state index is -0.770. The van der Waals surface area contributed by atoms with E-state index in [9.17, 15) is 0 Å². The molecular formula is C54H35N3. The van der Waals surface area contributed by atoms with Crippen molar-refractivity contribution in [2.45, 2.75) is 31.2 Å². The van der Waals surface area contributed by atoms with Crippen LogP contribution in [0.25, 0.3) is 11.1 Å². The molecule has 1 spiro atoms. The Balaban J connectivity index is 1.32. The quantitative estimate of drug-likeness (QED) is 0.158. The largest absolute Gasteiger partial charge is 0.354 e. The molecule has 0 amide bonds. The molecule has 3 heteroatoms. The average Bonchev–Trinajstić information content (AvgIpc) is 3.72. The van der Waals surface area contributed by atoms with Crippen LogP contribution in [0.5, 0.6) is 0 Å². The zero-order valence-electron chi connectivity index (χ0n) is 31.7. The van der Waals surface area contributed by atoms with Crippen LogP contribution >= 0.6 is 0 Å². The zero-order valence-corrected chi connectivity index (χ0v) is 31.7. The predicted octanol–water partition coefficient (Wildman–Crippen LogP) is 9.49. The Morgan fingerprint density at radius 3 is 1.60 bits per heavy atom. The highest BCUT2D eigenvalue weighted by Gasteiger charge is 2.70. The Morgan fingerprint density at radius 2 is 1.02 bits per heavy atom. The summed E-state index contributed by atoms with van der Waals surface area (Å²) in [5, 5.41) is 9.73. The lowest BCUT2D eigenvalue weighted by molar-refractivity contribution is 0.358. The van der Waals surface area contributed by atoms with Crippen molar-refractivity contribution in [3.8, 4) is 59.5 Å². The van der Waals surface area contributed by atoms with Crippen molar-refractivity contribution in [1.82, 2.24) is 10.2 Å². The smallest absolute Gasteiger partial charge is 0.109 e. The molecule has 10 rings (SSSR count). The Morgan fingerprint density at radius 1 is 0.526 bits per heavy atom. The van der Waals surface area contributed by atoms with Gasteiger partial charge in [-0.25, -0.2) is 0 Å². The summed E-state index contributed by atoms with van der Waals surface area (Å²) in [6.07, 6.45) is 12.2. The normalized spacial score (nSPS) is 16.0. The summed E-state index contributed by atoms with van der Waals surface area (Å²) in [5.74, 6) is 19.3. The van der Waals surface area contributed by atoms with Crippen molar-refractivity contribution in [2.75, 3.05) is 11.4 Å². The van der Waals surface area contributed by atoms with E-state index in [2.05, 4.69) is 145 Å². The van der Waals surface area contributed by atoms with Crippen LogP contribution in [0.15, 0.2) is 140 Å². The molecule has 57 heavy (non-hydrogen) atoms. The molecule has 3 heterocycles. The van der Waals surface area contributed by atoms with Gasteiger partial charge in [0.1, 0.15) is 5.54 Å². The first-order chi connectivity index (χ1) is 28.0. The average molecular weight is 726 g/mol. The number of nitrogens with zero attached hydrogens (tertiary/aromatic N) is 3. The second-order valence-electron chi connectivity index (χ2n) is 14.9. The minimum absolute atomic E-state index is 0.708. The molecule has 0 saturated carbocycles. The number of terminal acetylenes is 2. The van der Waals surface area contributed by atoms with E-state index in [1.54, 1.807) is 0 Å². The maximum Gasteiger partial charge on any atom is 0.109 e. The standard InChI is InChI=1S/C54H35N3/c1-5-38-16-20-40(21-17-38)24-26-42-28-30-46-47-31-29-43(27-25-41-22-18-39(6-2)19-23-41)35-50(47)53(49(46)34-42)51-36(3)55-56-37(4)52(51)57-33-32-44-12-10-11-15-48(44)54(53,57)45-13-8-7-9-14-45/h1-2,7-23,28-31,34-35H,32-33H2,3-4H3. The van der Waals surface area contributed by atoms with Gasteiger partial charge in [0.15, 0.2) is 0 Å². The highest BCUT2D eigenvalue weighted by molar-refractivity contribution is 5.93. The topological polar surface area (TPSA) is 29.0 Å². The fourth-order valence-corrected chi connectivity index (χ4v) is 9.81. The Hall–Kier alpha value is -7.56. The second kappa shape index (κ2) is 13.0. The summed E-state index contributed by atoms with van der Waals surface area (Å²) in [6, 6.07) is 49.3. The van der Waals surface area contributed by atoms with Crippen molar-refractivity contribution in [3.63, 3.8) is 0 Å². The SMILES string of the molecule is C#Cc1ccc(C#Cc2ccc3c(c2)C2(c4cc(C#Cc5ccc(C#C)cc5)ccc4-3)c3c(C)nnc(C)c3N3CCc4ccccc4C32c2ccccc2)cc1. The van der Waals surface area contributed by atoms with Crippen LogP contribution in [-0.4, -0.2) is 16.7 Å². The number of rotatable bonds is 1. The second-order valence-corrected chi connectivity index (χ2v) is 14.9. The van der Waals surface area contributed by atoms with Crippen LogP contribution in [0.1, 0.15) is 78.1 Å². The third-order valence-corrected chi connectivity index (χ3v) is 12.0. The maximum atomic E-state index is 5.64. The van der Waals surface area contributed by atoms with Gasteiger partial charge in [0.2, 0.25) is 0 Å². The highest BCUT2D eigenvalue weighted by Crippen LogP contribution is 2.71. The Bertz CT molecular complexity index is 2880. The van der Waals surface area contributed by atoms with Crippen LogP contribution in [0.3, 0.4) is 0 Å². The number of benzene rings is 6. The van der Waals surface area contributed by atoms with Crippen LogP contribution in [0.2, 0.25) is 0 Å². The third kappa shape index (κ3) is 4.87. The molecule has 3 aliphatic rings. The van der Waals surface area contributed by atoms with E-state index >= 15 is 0 Å². The fourth-order valence-electron chi connectivity index (χ4n) is 9.81. The predicted molar refractivity (Wildman–Crippen MR) is 229 cm³/mol. The van der Waals surface area contributed by atoms with E-state index in [1.807, 2.05) is 48.5 Å². The van der Waals surface area contributed by atoms with Gasteiger partial charge in [0.05, 0.1) is 22.5 Å². The first-order valence-corrected chi connectivity index (χ1v) is 19.2. The van der Waals surface area contributed by atoms with Crippen LogP contribution in [0.4, 0.5) is 5.69 Å². The maximum absolute atomic E-state index is 5.64. The number of hydrogen-bond donors (Lipinski definition) is 0. The molecule has 7 aromatic rings. The Labute approximate surface area is 334 Å². The van der Waals surface area contributed by atoms with Crippen LogP contribution < -0.4 is 4.90 Å². The molecule has 1 aliphatic carbocycles. The molecule has 0 radical (unpaired) electrons. The van der Waals surface area contributed by atoms with Gasteiger partial charge in [-0.15, -0.1) is 12.8 Å². The van der Waals surface area contributed by atoms with E-state index in [0.717, 1.165) is 63.4 Å². The van der Waals surface area contributed by atoms with Gasteiger partial charge in [0.25, 0.3) is 0 Å². The van der Waals surface area contributed by atoms with Gasteiger partial charge in [-0.1, -0.05) is 102 Å². The molecule has 0 N–H and O–H groups in total. The summed E-state index contributed by atoms with van der Waals surface area (Å²) in [6.45, 7) is 5.05. The van der Waals surface area contributed by atoms with Gasteiger partial charge in [0, 0.05) is 45.5 Å². The molecule has 1 unspecified atom stereocenters. The van der Waals surface area contributed by atoms with Crippen molar-refractivity contribution in [1.29, 1.82) is 0 Å². The van der Waals surface area contributed by atoms with E-state index in [4.69, 9.17) is 23.0 Å². The zero-order chi connectivity index (χ0) is 38.7. The van der Waals surface area contributed by atoms with Gasteiger partial charge < -0.3 is 4.90 Å². The van der Waals surface area contributed by atoms with Gasteiger partial charge in [-0.2, -0.15) is 10.2 Å². The molecule has 1 aromatic heterocycles. The lowest BCUT2D eigenvalue weighted by Crippen LogP contribution is -2.59. The lowest BCUT2D eigenvalue weighted by atomic mass is 9.55. The van der Waals surface area contributed by atoms with E-state index < -0.39 is 11.0 Å². The molecule has 0 saturated heterocycles.